The van der Waals surface area contributed by atoms with Gasteiger partial charge in [-0.05, 0) is 37.8 Å². The molecule has 0 aromatic carbocycles. The molecule has 5 nitrogen and oxygen atoms in total. The van der Waals surface area contributed by atoms with Crippen LogP contribution in [-0.4, -0.2) is 42.8 Å². The first kappa shape index (κ1) is 15.3. The number of hydrogen-bond donors (Lipinski definition) is 1. The number of hydrogen-bond acceptors (Lipinski definition) is 5. The van der Waals surface area contributed by atoms with Crippen molar-refractivity contribution in [2.45, 2.75) is 30.0 Å². The maximum atomic E-state index is 12.7. The van der Waals surface area contributed by atoms with E-state index in [9.17, 15) is 13.2 Å². The van der Waals surface area contributed by atoms with Gasteiger partial charge in [-0.2, -0.15) is 4.31 Å². The Hall–Kier alpha value is -0.570. The predicted octanol–water partition coefficient (Wildman–Crippen LogP) is 1.65. The van der Waals surface area contributed by atoms with Crippen LogP contribution in [0.25, 0.3) is 0 Å². The zero-order valence-electron chi connectivity index (χ0n) is 11.7. The fourth-order valence-corrected chi connectivity index (χ4v) is 6.78. The summed E-state index contributed by atoms with van der Waals surface area (Å²) in [6.45, 7) is 2.55. The molecule has 1 aromatic rings. The average molecular weight is 346 g/mol. The van der Waals surface area contributed by atoms with Crippen molar-refractivity contribution < 1.29 is 13.2 Å². The molecule has 8 heteroatoms. The molecule has 1 aromatic heterocycles. The van der Waals surface area contributed by atoms with E-state index in [1.165, 1.54) is 27.4 Å². The standard InChI is InChI=1S/C13H18N2O3S3/c1-9-2-5-12(20-9)21(17,18)15-8-19-7-11(15)13(16)14-6-10-3-4-10/h2,5,10-11H,3-4,6-8H2,1H3,(H,14,16)/t11-/m0/s1. The van der Waals surface area contributed by atoms with Crippen LogP contribution in [-0.2, 0) is 14.8 Å². The van der Waals surface area contributed by atoms with Crippen molar-refractivity contribution in [2.75, 3.05) is 18.2 Å². The first-order valence-corrected chi connectivity index (χ1v) is 10.3. The van der Waals surface area contributed by atoms with Crippen LogP contribution in [0, 0.1) is 12.8 Å². The van der Waals surface area contributed by atoms with Gasteiger partial charge in [-0.3, -0.25) is 4.79 Å². The molecule has 1 N–H and O–H groups in total. The summed E-state index contributed by atoms with van der Waals surface area (Å²) in [5, 5.41) is 2.89. The SMILES string of the molecule is Cc1ccc(S(=O)(=O)N2CSC[C@H]2C(=O)NCC2CC2)s1. The molecule has 0 bridgehead atoms. The van der Waals surface area contributed by atoms with Crippen LogP contribution in [0.3, 0.4) is 0 Å². The molecule has 3 rings (SSSR count). The lowest BCUT2D eigenvalue weighted by molar-refractivity contribution is -0.123. The summed E-state index contributed by atoms with van der Waals surface area (Å²) in [7, 11) is -3.56. The first-order chi connectivity index (χ1) is 9.98. The first-order valence-electron chi connectivity index (χ1n) is 6.92. The molecule has 0 radical (unpaired) electrons. The van der Waals surface area contributed by atoms with Gasteiger partial charge in [0.2, 0.25) is 5.91 Å². The van der Waals surface area contributed by atoms with Gasteiger partial charge in [-0.1, -0.05) is 0 Å². The summed E-state index contributed by atoms with van der Waals surface area (Å²) >= 11 is 2.74. The highest BCUT2D eigenvalue weighted by molar-refractivity contribution is 8.01. The highest BCUT2D eigenvalue weighted by atomic mass is 32.2. The van der Waals surface area contributed by atoms with Crippen molar-refractivity contribution in [3.8, 4) is 0 Å². The van der Waals surface area contributed by atoms with E-state index in [0.717, 1.165) is 17.7 Å². The van der Waals surface area contributed by atoms with Crippen molar-refractivity contribution >= 4 is 39.0 Å². The highest BCUT2D eigenvalue weighted by Crippen LogP contribution is 2.32. The van der Waals surface area contributed by atoms with Crippen LogP contribution >= 0.6 is 23.1 Å². The van der Waals surface area contributed by atoms with Crippen LogP contribution in [0.15, 0.2) is 16.3 Å². The number of amides is 1. The molecule has 1 aliphatic heterocycles. The summed E-state index contributed by atoms with van der Waals surface area (Å²) in [5.74, 6) is 1.30. The van der Waals surface area contributed by atoms with E-state index in [4.69, 9.17) is 0 Å². The van der Waals surface area contributed by atoms with Gasteiger partial charge in [-0.25, -0.2) is 8.42 Å². The molecule has 1 saturated carbocycles. The van der Waals surface area contributed by atoms with Gasteiger partial charge in [0.05, 0.1) is 5.88 Å². The molecule has 21 heavy (non-hydrogen) atoms. The van der Waals surface area contributed by atoms with Crippen LogP contribution in [0.4, 0.5) is 0 Å². The third kappa shape index (κ3) is 3.28. The number of nitrogens with one attached hydrogen (secondary N) is 1. The van der Waals surface area contributed by atoms with Gasteiger partial charge in [-0.15, -0.1) is 23.1 Å². The molecular weight excluding hydrogens is 328 g/mol. The average Bonchev–Trinajstić information content (AvgIpc) is 2.95. The van der Waals surface area contributed by atoms with Crippen molar-refractivity contribution in [1.82, 2.24) is 9.62 Å². The molecular formula is C13H18N2O3S3. The molecule has 1 amide bonds. The smallest absolute Gasteiger partial charge is 0.254 e. The molecule has 2 heterocycles. The van der Waals surface area contributed by atoms with E-state index in [1.807, 2.05) is 6.92 Å². The van der Waals surface area contributed by atoms with Crippen LogP contribution < -0.4 is 5.32 Å². The summed E-state index contributed by atoms with van der Waals surface area (Å²) in [4.78, 5) is 13.2. The number of thioether (sulfide) groups is 1. The second kappa shape index (κ2) is 5.91. The monoisotopic (exact) mass is 346 g/mol. The largest absolute Gasteiger partial charge is 0.354 e. The lowest BCUT2D eigenvalue weighted by Crippen LogP contribution is -2.47. The molecule has 1 aliphatic carbocycles. The quantitative estimate of drug-likeness (QED) is 0.880. The van der Waals surface area contributed by atoms with Gasteiger partial charge in [0.15, 0.2) is 0 Å². The Balaban J connectivity index is 1.74. The maximum Gasteiger partial charge on any atom is 0.254 e. The Morgan fingerprint density at radius 1 is 1.43 bits per heavy atom. The Morgan fingerprint density at radius 3 is 2.81 bits per heavy atom. The Morgan fingerprint density at radius 2 is 2.19 bits per heavy atom. The number of aryl methyl sites for hydroxylation is 1. The summed E-state index contributed by atoms with van der Waals surface area (Å²) in [6, 6.07) is 2.83. The van der Waals surface area contributed by atoms with E-state index >= 15 is 0 Å². The van der Waals surface area contributed by atoms with E-state index in [-0.39, 0.29) is 5.91 Å². The van der Waals surface area contributed by atoms with Gasteiger partial charge >= 0.3 is 0 Å². The van der Waals surface area contributed by atoms with Gasteiger partial charge in [0, 0.05) is 17.2 Å². The number of carbonyl (C=O) groups excluding carboxylic acids is 1. The minimum Gasteiger partial charge on any atom is -0.354 e. The predicted molar refractivity (Wildman–Crippen MR) is 84.9 cm³/mol. The zero-order chi connectivity index (χ0) is 15.0. The Kier molecular flexibility index (Phi) is 4.31. The number of thiophene rings is 1. The molecule has 116 valence electrons. The molecule has 0 spiro atoms. The van der Waals surface area contributed by atoms with E-state index in [1.54, 1.807) is 12.1 Å². The van der Waals surface area contributed by atoms with E-state index < -0.39 is 16.1 Å². The zero-order valence-corrected chi connectivity index (χ0v) is 14.2. The number of rotatable bonds is 5. The minimum absolute atomic E-state index is 0.163. The minimum atomic E-state index is -3.56. The van der Waals surface area contributed by atoms with Gasteiger partial charge < -0.3 is 5.32 Å². The molecule has 1 atom stereocenters. The number of sulfonamides is 1. The number of nitrogens with zero attached hydrogens (tertiary/aromatic N) is 1. The Labute approximate surface area is 133 Å². The third-order valence-electron chi connectivity index (χ3n) is 3.69. The van der Waals surface area contributed by atoms with E-state index in [0.29, 0.717) is 28.3 Å². The fourth-order valence-electron chi connectivity index (χ4n) is 2.22. The molecule has 2 fully saturated rings. The van der Waals surface area contributed by atoms with Crippen LogP contribution in [0.5, 0.6) is 0 Å². The van der Waals surface area contributed by atoms with Crippen molar-refractivity contribution in [3.05, 3.63) is 17.0 Å². The second-order valence-corrected chi connectivity index (χ2v) is 9.87. The van der Waals surface area contributed by atoms with Crippen molar-refractivity contribution in [2.24, 2.45) is 5.92 Å². The van der Waals surface area contributed by atoms with Crippen LogP contribution in [0.1, 0.15) is 17.7 Å². The summed E-state index contributed by atoms with van der Waals surface area (Å²) in [5.41, 5.74) is 0. The highest BCUT2D eigenvalue weighted by Gasteiger charge is 2.40. The normalized spacial score (nSPS) is 23.4. The molecule has 0 unspecified atom stereocenters. The van der Waals surface area contributed by atoms with Gasteiger partial charge in [0.1, 0.15) is 10.3 Å². The fraction of sp³-hybridized carbons (Fsp3) is 0.615. The van der Waals surface area contributed by atoms with Gasteiger partial charge in [0.25, 0.3) is 10.0 Å². The van der Waals surface area contributed by atoms with Crippen molar-refractivity contribution in [3.63, 3.8) is 0 Å². The molecule has 2 aliphatic rings. The maximum absolute atomic E-state index is 12.7. The lowest BCUT2D eigenvalue weighted by Gasteiger charge is -2.21. The molecule has 1 saturated heterocycles. The summed E-state index contributed by atoms with van der Waals surface area (Å²) in [6.07, 6.45) is 2.33. The van der Waals surface area contributed by atoms with Crippen molar-refractivity contribution in [1.29, 1.82) is 0 Å². The van der Waals surface area contributed by atoms with Crippen LogP contribution in [0.2, 0.25) is 0 Å². The number of carbonyl (C=O) groups is 1. The lowest BCUT2D eigenvalue weighted by atomic mass is 10.3. The summed E-state index contributed by atoms with van der Waals surface area (Å²) < 4.78 is 27.0. The van der Waals surface area contributed by atoms with E-state index in [2.05, 4.69) is 5.32 Å². The third-order valence-corrected chi connectivity index (χ3v) is 8.18. The Bertz CT molecular complexity index is 637. The topological polar surface area (TPSA) is 66.5 Å². The second-order valence-electron chi connectivity index (χ2n) is 5.46.